The highest BCUT2D eigenvalue weighted by molar-refractivity contribution is 5.75. The summed E-state index contributed by atoms with van der Waals surface area (Å²) in [7, 11) is 0. The summed E-state index contributed by atoms with van der Waals surface area (Å²) in [4.78, 5) is 13.1. The third-order valence-electron chi connectivity index (χ3n) is 4.75. The fourth-order valence-electron chi connectivity index (χ4n) is 3.90. The first kappa shape index (κ1) is 14.8. The Kier molecular flexibility index (Phi) is 4.51. The van der Waals surface area contributed by atoms with E-state index in [0.29, 0.717) is 24.0 Å². The minimum Gasteiger partial charge on any atom is -0.369 e. The van der Waals surface area contributed by atoms with Crippen LogP contribution in [0.5, 0.6) is 0 Å². The Morgan fingerprint density at radius 1 is 1.32 bits per heavy atom. The Bertz CT molecular complexity index is 321. The Morgan fingerprint density at radius 2 is 1.95 bits per heavy atom. The summed E-state index contributed by atoms with van der Waals surface area (Å²) in [6.45, 7) is 9.52. The van der Waals surface area contributed by atoms with Crippen LogP contribution in [0.4, 0.5) is 0 Å². The van der Waals surface area contributed by atoms with E-state index in [4.69, 9.17) is 5.73 Å². The van der Waals surface area contributed by atoms with Crippen LogP contribution in [0, 0.1) is 11.3 Å². The summed E-state index contributed by atoms with van der Waals surface area (Å²) in [5.41, 5.74) is 5.73. The number of hydrogen-bond acceptors (Lipinski definition) is 3. The molecule has 2 aliphatic rings. The zero-order chi connectivity index (χ0) is 14.0. The second-order valence-electron chi connectivity index (χ2n) is 7.34. The highest BCUT2D eigenvalue weighted by Crippen LogP contribution is 2.41. The molecule has 2 atom stereocenters. The SMILES string of the molecule is CC1CC(C)(C)CC1NC1CCN(CC(N)=O)CC1. The van der Waals surface area contributed by atoms with Crippen molar-refractivity contribution in [1.82, 2.24) is 10.2 Å². The van der Waals surface area contributed by atoms with Crippen molar-refractivity contribution in [2.45, 2.75) is 58.5 Å². The quantitative estimate of drug-likeness (QED) is 0.808. The van der Waals surface area contributed by atoms with Crippen molar-refractivity contribution in [3.63, 3.8) is 0 Å². The number of rotatable bonds is 4. The van der Waals surface area contributed by atoms with Crippen molar-refractivity contribution >= 4 is 5.91 Å². The average molecular weight is 267 g/mol. The van der Waals surface area contributed by atoms with Crippen LogP contribution in [0.3, 0.4) is 0 Å². The zero-order valence-corrected chi connectivity index (χ0v) is 12.6. The van der Waals surface area contributed by atoms with Crippen molar-refractivity contribution in [3.8, 4) is 0 Å². The number of nitrogens with one attached hydrogen (secondary N) is 1. The fourth-order valence-corrected chi connectivity index (χ4v) is 3.90. The first-order valence-corrected chi connectivity index (χ1v) is 7.62. The maximum absolute atomic E-state index is 10.9. The van der Waals surface area contributed by atoms with Crippen LogP contribution in [0.25, 0.3) is 0 Å². The van der Waals surface area contributed by atoms with Crippen molar-refractivity contribution in [3.05, 3.63) is 0 Å². The largest absolute Gasteiger partial charge is 0.369 e. The van der Waals surface area contributed by atoms with Crippen LogP contribution in [-0.4, -0.2) is 42.5 Å². The summed E-state index contributed by atoms with van der Waals surface area (Å²) in [6, 6.07) is 1.29. The van der Waals surface area contributed by atoms with Crippen LogP contribution in [0.1, 0.15) is 46.5 Å². The van der Waals surface area contributed by atoms with E-state index in [0.717, 1.165) is 31.8 Å². The lowest BCUT2D eigenvalue weighted by atomic mass is 9.91. The number of amides is 1. The fraction of sp³-hybridized carbons (Fsp3) is 0.933. The first-order chi connectivity index (χ1) is 8.85. The monoisotopic (exact) mass is 267 g/mol. The third-order valence-corrected chi connectivity index (χ3v) is 4.75. The number of hydrogen-bond donors (Lipinski definition) is 2. The zero-order valence-electron chi connectivity index (χ0n) is 12.6. The Labute approximate surface area is 117 Å². The second-order valence-corrected chi connectivity index (χ2v) is 7.34. The molecule has 4 nitrogen and oxygen atoms in total. The van der Waals surface area contributed by atoms with Gasteiger partial charge in [0.1, 0.15) is 0 Å². The summed E-state index contributed by atoms with van der Waals surface area (Å²) in [5, 5.41) is 3.85. The second kappa shape index (κ2) is 5.80. The molecule has 1 aliphatic carbocycles. The highest BCUT2D eigenvalue weighted by atomic mass is 16.1. The van der Waals surface area contributed by atoms with Gasteiger partial charge < -0.3 is 11.1 Å². The summed E-state index contributed by atoms with van der Waals surface area (Å²) >= 11 is 0. The molecule has 2 unspecified atom stereocenters. The molecule has 4 heteroatoms. The molecule has 0 radical (unpaired) electrons. The normalized spacial score (nSPS) is 32.6. The molecule has 2 rings (SSSR count). The predicted molar refractivity (Wildman–Crippen MR) is 77.8 cm³/mol. The molecule has 19 heavy (non-hydrogen) atoms. The lowest BCUT2D eigenvalue weighted by Crippen LogP contribution is -2.48. The first-order valence-electron chi connectivity index (χ1n) is 7.62. The Morgan fingerprint density at radius 3 is 2.42 bits per heavy atom. The van der Waals surface area contributed by atoms with Crippen LogP contribution < -0.4 is 11.1 Å². The van der Waals surface area contributed by atoms with Gasteiger partial charge in [-0.05, 0) is 37.0 Å². The molecule has 1 saturated heterocycles. The van der Waals surface area contributed by atoms with E-state index in [1.165, 1.54) is 12.8 Å². The van der Waals surface area contributed by atoms with Gasteiger partial charge in [-0.15, -0.1) is 0 Å². The number of piperidine rings is 1. The molecule has 110 valence electrons. The number of nitrogens with two attached hydrogens (primary N) is 1. The highest BCUT2D eigenvalue weighted by Gasteiger charge is 2.37. The van der Waals surface area contributed by atoms with Gasteiger partial charge in [0, 0.05) is 25.2 Å². The molecule has 0 spiro atoms. The molecule has 1 aliphatic heterocycles. The van der Waals surface area contributed by atoms with E-state index in [-0.39, 0.29) is 5.91 Å². The molecule has 0 aromatic heterocycles. The van der Waals surface area contributed by atoms with Gasteiger partial charge in [0.05, 0.1) is 6.54 Å². The van der Waals surface area contributed by atoms with Crippen molar-refractivity contribution < 1.29 is 4.79 Å². The van der Waals surface area contributed by atoms with Crippen LogP contribution in [-0.2, 0) is 4.79 Å². The van der Waals surface area contributed by atoms with Gasteiger partial charge in [0.25, 0.3) is 0 Å². The summed E-state index contributed by atoms with van der Waals surface area (Å²) in [5.74, 6) is 0.566. The predicted octanol–water partition coefficient (Wildman–Crippen LogP) is 1.35. The van der Waals surface area contributed by atoms with Gasteiger partial charge >= 0.3 is 0 Å². The van der Waals surface area contributed by atoms with E-state index in [9.17, 15) is 4.79 Å². The number of primary amides is 1. The van der Waals surface area contributed by atoms with Gasteiger partial charge in [-0.25, -0.2) is 0 Å². The lowest BCUT2D eigenvalue weighted by molar-refractivity contribution is -0.119. The number of nitrogens with zero attached hydrogens (tertiary/aromatic N) is 1. The van der Waals surface area contributed by atoms with Gasteiger partial charge in [0.15, 0.2) is 0 Å². The minimum atomic E-state index is -0.211. The van der Waals surface area contributed by atoms with Gasteiger partial charge in [-0.2, -0.15) is 0 Å². The molecular weight excluding hydrogens is 238 g/mol. The van der Waals surface area contributed by atoms with Gasteiger partial charge in [-0.3, -0.25) is 9.69 Å². The van der Waals surface area contributed by atoms with E-state index in [1.54, 1.807) is 0 Å². The standard InChI is InChI=1S/C15H29N3O/c1-11-8-15(2,3)9-13(11)17-12-4-6-18(7-5-12)10-14(16)19/h11-13,17H,4-10H2,1-3H3,(H2,16,19). The van der Waals surface area contributed by atoms with Crippen molar-refractivity contribution in [1.29, 1.82) is 0 Å². The van der Waals surface area contributed by atoms with Gasteiger partial charge in [-0.1, -0.05) is 20.8 Å². The minimum absolute atomic E-state index is 0.211. The topological polar surface area (TPSA) is 58.4 Å². The maximum Gasteiger partial charge on any atom is 0.231 e. The van der Waals surface area contributed by atoms with E-state index in [1.807, 2.05) is 0 Å². The number of carbonyl (C=O) groups excluding carboxylic acids is 1. The lowest BCUT2D eigenvalue weighted by Gasteiger charge is -2.34. The van der Waals surface area contributed by atoms with Gasteiger partial charge in [0.2, 0.25) is 5.91 Å². The molecule has 1 amide bonds. The molecule has 0 aromatic carbocycles. The smallest absolute Gasteiger partial charge is 0.231 e. The molecule has 1 heterocycles. The van der Waals surface area contributed by atoms with E-state index >= 15 is 0 Å². The average Bonchev–Trinajstić information content (AvgIpc) is 2.54. The van der Waals surface area contributed by atoms with E-state index < -0.39 is 0 Å². The summed E-state index contributed by atoms with van der Waals surface area (Å²) < 4.78 is 0. The Hall–Kier alpha value is -0.610. The van der Waals surface area contributed by atoms with Crippen LogP contribution in [0.15, 0.2) is 0 Å². The third kappa shape index (κ3) is 4.18. The van der Waals surface area contributed by atoms with Crippen LogP contribution >= 0.6 is 0 Å². The molecule has 3 N–H and O–H groups in total. The number of carbonyl (C=O) groups is 1. The molecule has 2 fully saturated rings. The molecule has 0 aromatic rings. The number of likely N-dealkylation sites (tertiary alicyclic amines) is 1. The van der Waals surface area contributed by atoms with Crippen molar-refractivity contribution in [2.75, 3.05) is 19.6 Å². The Balaban J connectivity index is 1.75. The molecular formula is C15H29N3O. The van der Waals surface area contributed by atoms with Crippen molar-refractivity contribution in [2.24, 2.45) is 17.1 Å². The summed E-state index contributed by atoms with van der Waals surface area (Å²) in [6.07, 6.45) is 4.88. The van der Waals surface area contributed by atoms with E-state index in [2.05, 4.69) is 31.0 Å². The van der Waals surface area contributed by atoms with Crippen LogP contribution in [0.2, 0.25) is 0 Å². The maximum atomic E-state index is 10.9. The molecule has 0 bridgehead atoms. The molecule has 1 saturated carbocycles.